The first-order valence-corrected chi connectivity index (χ1v) is 5.59. The van der Waals surface area contributed by atoms with Gasteiger partial charge in [-0.3, -0.25) is 14.9 Å². The van der Waals surface area contributed by atoms with Gasteiger partial charge < -0.3 is 9.84 Å². The molecule has 0 saturated carbocycles. The number of carboxylic acids is 1. The Morgan fingerprint density at radius 3 is 2.61 bits per heavy atom. The number of aryl methyl sites for hydroxylation is 1. The third-order valence-corrected chi connectivity index (χ3v) is 2.63. The molecule has 2 N–H and O–H groups in total. The molecule has 1 aromatic rings. The molecular formula is C13H17NO4. The van der Waals surface area contributed by atoms with E-state index in [1.54, 1.807) is 32.2 Å². The molecule has 0 amide bonds. The summed E-state index contributed by atoms with van der Waals surface area (Å²) in [6.45, 7) is 3.26. The van der Waals surface area contributed by atoms with Gasteiger partial charge in [-0.15, -0.1) is 0 Å². The number of carboxylic acid groups (broad SMARTS) is 1. The van der Waals surface area contributed by atoms with Crippen LogP contribution < -0.4 is 10.1 Å². The van der Waals surface area contributed by atoms with Crippen LogP contribution in [0.2, 0.25) is 0 Å². The predicted molar refractivity (Wildman–Crippen MR) is 67.2 cm³/mol. The molecule has 0 saturated heterocycles. The van der Waals surface area contributed by atoms with Crippen LogP contribution in [0.25, 0.3) is 0 Å². The normalized spacial score (nSPS) is 11.9. The fourth-order valence-corrected chi connectivity index (χ4v) is 1.61. The zero-order valence-electron chi connectivity index (χ0n) is 10.7. The van der Waals surface area contributed by atoms with E-state index in [9.17, 15) is 9.59 Å². The second-order valence-corrected chi connectivity index (χ2v) is 4.04. The first-order chi connectivity index (χ1) is 8.45. The van der Waals surface area contributed by atoms with Crippen molar-refractivity contribution in [2.24, 2.45) is 0 Å². The van der Waals surface area contributed by atoms with Crippen LogP contribution in [0.4, 0.5) is 0 Å². The Kier molecular flexibility index (Phi) is 4.85. The number of carbonyl (C=O) groups excluding carboxylic acids is 1. The van der Waals surface area contributed by atoms with Gasteiger partial charge in [0.2, 0.25) is 0 Å². The van der Waals surface area contributed by atoms with Crippen LogP contribution in [0.5, 0.6) is 5.75 Å². The van der Waals surface area contributed by atoms with E-state index in [2.05, 4.69) is 5.32 Å². The molecule has 98 valence electrons. The molecule has 0 aliphatic heterocycles. The van der Waals surface area contributed by atoms with E-state index >= 15 is 0 Å². The number of benzene rings is 1. The topological polar surface area (TPSA) is 75.6 Å². The molecule has 18 heavy (non-hydrogen) atoms. The van der Waals surface area contributed by atoms with Crippen LogP contribution in [0, 0.1) is 6.92 Å². The van der Waals surface area contributed by atoms with E-state index in [4.69, 9.17) is 9.84 Å². The maximum atomic E-state index is 12.0. The monoisotopic (exact) mass is 251 g/mol. The van der Waals surface area contributed by atoms with Crippen molar-refractivity contribution in [3.63, 3.8) is 0 Å². The minimum absolute atomic E-state index is 0.137. The van der Waals surface area contributed by atoms with Gasteiger partial charge in [-0.25, -0.2) is 0 Å². The molecule has 1 aromatic carbocycles. The van der Waals surface area contributed by atoms with E-state index in [0.717, 1.165) is 11.3 Å². The third kappa shape index (κ3) is 3.56. The maximum Gasteiger partial charge on any atom is 0.317 e. The van der Waals surface area contributed by atoms with E-state index in [-0.39, 0.29) is 12.3 Å². The summed E-state index contributed by atoms with van der Waals surface area (Å²) < 4.78 is 5.11. The van der Waals surface area contributed by atoms with Gasteiger partial charge in [0.25, 0.3) is 0 Å². The van der Waals surface area contributed by atoms with Crippen LogP contribution in [0.1, 0.15) is 22.8 Å². The van der Waals surface area contributed by atoms with Crippen molar-refractivity contribution in [2.45, 2.75) is 19.9 Å². The summed E-state index contributed by atoms with van der Waals surface area (Å²) in [5, 5.41) is 11.2. The summed E-state index contributed by atoms with van der Waals surface area (Å²) in [5.74, 6) is -0.403. The highest BCUT2D eigenvalue weighted by Crippen LogP contribution is 2.19. The van der Waals surface area contributed by atoms with Crippen molar-refractivity contribution in [1.82, 2.24) is 5.32 Å². The van der Waals surface area contributed by atoms with E-state index in [1.165, 1.54) is 0 Å². The number of nitrogens with one attached hydrogen (secondary N) is 1. The maximum absolute atomic E-state index is 12.0. The molecule has 1 unspecified atom stereocenters. The molecule has 0 aromatic heterocycles. The van der Waals surface area contributed by atoms with Gasteiger partial charge in [0, 0.05) is 5.56 Å². The lowest BCUT2D eigenvalue weighted by Crippen LogP contribution is -2.37. The standard InChI is InChI=1S/C13H17NO4/c1-8-6-10(4-5-11(8)18-3)13(17)9(2)14-7-12(15)16/h4-6,9,14H,7H2,1-3H3,(H,15,16). The molecule has 1 atom stereocenters. The lowest BCUT2D eigenvalue weighted by atomic mass is 10.0. The van der Waals surface area contributed by atoms with Crippen molar-refractivity contribution in [3.8, 4) is 5.75 Å². The van der Waals surface area contributed by atoms with Crippen LogP contribution in [0.3, 0.4) is 0 Å². The quantitative estimate of drug-likeness (QED) is 0.744. The minimum Gasteiger partial charge on any atom is -0.496 e. The molecule has 0 radical (unpaired) electrons. The van der Waals surface area contributed by atoms with E-state index < -0.39 is 12.0 Å². The molecule has 0 aliphatic rings. The summed E-state index contributed by atoms with van der Waals surface area (Å²) in [4.78, 5) is 22.4. The number of ketones is 1. The summed E-state index contributed by atoms with van der Waals surface area (Å²) >= 11 is 0. The second kappa shape index (κ2) is 6.16. The predicted octanol–water partition coefficient (Wildman–Crippen LogP) is 1.25. The van der Waals surface area contributed by atoms with Crippen molar-refractivity contribution in [1.29, 1.82) is 0 Å². The number of Topliss-reactive ketones (excluding diaryl/α,β-unsaturated/α-hetero) is 1. The smallest absolute Gasteiger partial charge is 0.317 e. The highest BCUT2D eigenvalue weighted by molar-refractivity contribution is 6.00. The number of ether oxygens (including phenoxy) is 1. The summed E-state index contributed by atoms with van der Waals surface area (Å²) in [6.07, 6.45) is 0. The molecule has 1 rings (SSSR count). The number of aliphatic carboxylic acids is 1. The summed E-state index contributed by atoms with van der Waals surface area (Å²) in [7, 11) is 1.57. The Labute approximate surface area is 106 Å². The lowest BCUT2D eigenvalue weighted by Gasteiger charge is -2.12. The molecular weight excluding hydrogens is 234 g/mol. The average Bonchev–Trinajstić information content (AvgIpc) is 2.34. The van der Waals surface area contributed by atoms with Gasteiger partial charge in [0.05, 0.1) is 19.7 Å². The first-order valence-electron chi connectivity index (χ1n) is 5.59. The number of hydrogen-bond donors (Lipinski definition) is 2. The van der Waals surface area contributed by atoms with Crippen molar-refractivity contribution in [2.75, 3.05) is 13.7 Å². The zero-order valence-corrected chi connectivity index (χ0v) is 10.7. The lowest BCUT2D eigenvalue weighted by molar-refractivity contribution is -0.136. The van der Waals surface area contributed by atoms with Gasteiger partial charge in [-0.05, 0) is 37.6 Å². The Balaban J connectivity index is 2.77. The Morgan fingerprint density at radius 2 is 2.11 bits per heavy atom. The van der Waals surface area contributed by atoms with Gasteiger partial charge in [-0.1, -0.05) is 0 Å². The van der Waals surface area contributed by atoms with Crippen LogP contribution in [-0.4, -0.2) is 36.6 Å². The zero-order chi connectivity index (χ0) is 13.7. The number of hydrogen-bond acceptors (Lipinski definition) is 4. The van der Waals surface area contributed by atoms with Gasteiger partial charge >= 0.3 is 5.97 Å². The SMILES string of the molecule is COc1ccc(C(=O)C(C)NCC(=O)O)cc1C. The van der Waals surface area contributed by atoms with Crippen LogP contribution >= 0.6 is 0 Å². The van der Waals surface area contributed by atoms with Gasteiger partial charge in [0.1, 0.15) is 5.75 Å². The van der Waals surface area contributed by atoms with Crippen molar-refractivity contribution >= 4 is 11.8 Å². The van der Waals surface area contributed by atoms with Gasteiger partial charge in [-0.2, -0.15) is 0 Å². The van der Waals surface area contributed by atoms with Crippen molar-refractivity contribution in [3.05, 3.63) is 29.3 Å². The second-order valence-electron chi connectivity index (χ2n) is 4.04. The number of methoxy groups -OCH3 is 1. The van der Waals surface area contributed by atoms with Crippen molar-refractivity contribution < 1.29 is 19.4 Å². The molecule has 0 aliphatic carbocycles. The third-order valence-electron chi connectivity index (χ3n) is 2.63. The van der Waals surface area contributed by atoms with E-state index in [0.29, 0.717) is 5.56 Å². The summed E-state index contributed by atoms with van der Waals surface area (Å²) in [5.41, 5.74) is 1.41. The Bertz CT molecular complexity index is 456. The fraction of sp³-hybridized carbons (Fsp3) is 0.385. The molecule has 0 fully saturated rings. The van der Waals surface area contributed by atoms with Crippen LogP contribution in [-0.2, 0) is 4.79 Å². The molecule has 0 spiro atoms. The first kappa shape index (κ1) is 14.2. The van der Waals surface area contributed by atoms with Gasteiger partial charge in [0.15, 0.2) is 5.78 Å². The highest BCUT2D eigenvalue weighted by Gasteiger charge is 2.16. The highest BCUT2D eigenvalue weighted by atomic mass is 16.5. The largest absolute Gasteiger partial charge is 0.496 e. The molecule has 0 bridgehead atoms. The Hall–Kier alpha value is -1.88. The Morgan fingerprint density at radius 1 is 1.44 bits per heavy atom. The summed E-state index contributed by atoms with van der Waals surface area (Å²) in [6, 6.07) is 4.61. The molecule has 5 heteroatoms. The minimum atomic E-state index is -0.986. The number of rotatable bonds is 6. The van der Waals surface area contributed by atoms with E-state index in [1.807, 2.05) is 6.92 Å². The number of carbonyl (C=O) groups is 2. The van der Waals surface area contributed by atoms with Crippen LogP contribution in [0.15, 0.2) is 18.2 Å². The molecule has 5 nitrogen and oxygen atoms in total. The average molecular weight is 251 g/mol. The molecule has 0 heterocycles. The fourth-order valence-electron chi connectivity index (χ4n) is 1.61.